The molecule has 1 aromatic heterocycles. The van der Waals surface area contributed by atoms with Gasteiger partial charge in [-0.3, -0.25) is 20.2 Å². The summed E-state index contributed by atoms with van der Waals surface area (Å²) < 4.78 is 5.08. The summed E-state index contributed by atoms with van der Waals surface area (Å²) in [6.45, 7) is 0. The molecule has 1 N–H and O–H groups in total. The van der Waals surface area contributed by atoms with Crippen molar-refractivity contribution in [3.8, 4) is 6.07 Å². The first-order valence-corrected chi connectivity index (χ1v) is 5.61. The molecule has 100 valence electrons. The van der Waals surface area contributed by atoms with E-state index in [1.54, 1.807) is 6.07 Å². The highest BCUT2D eigenvalue weighted by molar-refractivity contribution is 6.04. The number of nitro benzene ring substituents is 1. The summed E-state index contributed by atoms with van der Waals surface area (Å²) >= 11 is 0. The van der Waals surface area contributed by atoms with Crippen molar-refractivity contribution in [1.29, 1.82) is 5.26 Å². The van der Waals surface area contributed by atoms with Crippen molar-refractivity contribution < 1.29 is 14.1 Å². The third kappa shape index (κ3) is 2.81. The number of carbonyl (C=O) groups is 1. The Morgan fingerprint density at radius 3 is 2.65 bits per heavy atom. The first-order valence-electron chi connectivity index (χ1n) is 5.61. The second-order valence-electron chi connectivity index (χ2n) is 3.87. The predicted octanol–water partition coefficient (Wildman–Crippen LogP) is 2.51. The fourth-order valence-electron chi connectivity index (χ4n) is 1.58. The van der Waals surface area contributed by atoms with Gasteiger partial charge in [-0.25, -0.2) is 0 Å². The smallest absolute Gasteiger partial charge is 0.269 e. The molecular weight excluding hydrogens is 262 g/mol. The van der Waals surface area contributed by atoms with Crippen LogP contribution in [-0.4, -0.2) is 10.8 Å². The minimum atomic E-state index is -0.542. The van der Waals surface area contributed by atoms with Crippen molar-refractivity contribution in [1.82, 2.24) is 0 Å². The highest BCUT2D eigenvalue weighted by Gasteiger charge is 2.13. The molecule has 0 radical (unpaired) electrons. The fourth-order valence-corrected chi connectivity index (χ4v) is 1.58. The maximum atomic E-state index is 11.9. The van der Waals surface area contributed by atoms with Gasteiger partial charge in [-0.05, 0) is 18.2 Å². The van der Waals surface area contributed by atoms with Crippen LogP contribution in [0.4, 0.5) is 11.6 Å². The fraction of sp³-hybridized carbons (Fsp3) is 0.0769. The number of furan rings is 1. The van der Waals surface area contributed by atoms with Crippen LogP contribution in [0, 0.1) is 21.4 Å². The van der Waals surface area contributed by atoms with Crippen LogP contribution in [0.25, 0.3) is 0 Å². The summed E-state index contributed by atoms with van der Waals surface area (Å²) in [5.74, 6) is -0.260. The summed E-state index contributed by atoms with van der Waals surface area (Å²) in [6, 6.07) is 8.73. The molecule has 0 unspecified atom stereocenters. The average molecular weight is 271 g/mol. The molecule has 0 spiro atoms. The summed E-state index contributed by atoms with van der Waals surface area (Å²) in [5.41, 5.74) is 0.738. The van der Waals surface area contributed by atoms with E-state index in [9.17, 15) is 14.9 Å². The van der Waals surface area contributed by atoms with Gasteiger partial charge < -0.3 is 4.42 Å². The Labute approximate surface area is 113 Å². The Bertz CT molecular complexity index is 682. The highest BCUT2D eigenvalue weighted by atomic mass is 16.6. The van der Waals surface area contributed by atoms with E-state index in [0.717, 1.165) is 0 Å². The number of nitro groups is 1. The lowest BCUT2D eigenvalue weighted by molar-refractivity contribution is -0.384. The zero-order chi connectivity index (χ0) is 14.5. The zero-order valence-electron chi connectivity index (χ0n) is 10.2. The lowest BCUT2D eigenvalue weighted by atomic mass is 10.2. The number of nitriles is 1. The van der Waals surface area contributed by atoms with E-state index in [1.807, 2.05) is 6.07 Å². The highest BCUT2D eigenvalue weighted by Crippen LogP contribution is 2.19. The Kier molecular flexibility index (Phi) is 3.77. The molecule has 0 aliphatic heterocycles. The second kappa shape index (κ2) is 5.67. The molecule has 0 saturated heterocycles. The molecule has 0 fully saturated rings. The number of nitrogens with zero attached hydrogens (tertiary/aromatic N) is 2. The van der Waals surface area contributed by atoms with Gasteiger partial charge in [0, 0.05) is 23.3 Å². The van der Waals surface area contributed by atoms with Gasteiger partial charge in [0.1, 0.15) is 0 Å². The van der Waals surface area contributed by atoms with E-state index in [-0.39, 0.29) is 23.6 Å². The van der Waals surface area contributed by atoms with Gasteiger partial charge >= 0.3 is 0 Å². The normalized spacial score (nSPS) is 9.75. The van der Waals surface area contributed by atoms with Gasteiger partial charge in [0.05, 0.1) is 23.7 Å². The van der Waals surface area contributed by atoms with Gasteiger partial charge in [0.2, 0.25) is 5.88 Å². The first kappa shape index (κ1) is 13.3. The lowest BCUT2D eigenvalue weighted by Crippen LogP contribution is -2.12. The Balaban J connectivity index is 2.14. The molecule has 1 aromatic carbocycles. The van der Waals surface area contributed by atoms with Crippen molar-refractivity contribution in [2.75, 3.05) is 5.32 Å². The molecule has 0 saturated carbocycles. The van der Waals surface area contributed by atoms with Gasteiger partial charge in [0.15, 0.2) is 0 Å². The molecule has 7 heteroatoms. The Hall–Kier alpha value is -3.14. The van der Waals surface area contributed by atoms with Gasteiger partial charge in [0.25, 0.3) is 11.6 Å². The van der Waals surface area contributed by atoms with Crippen LogP contribution >= 0.6 is 0 Å². The Morgan fingerprint density at radius 1 is 1.35 bits per heavy atom. The number of carbonyl (C=O) groups excluding carboxylic acids is 1. The number of rotatable bonds is 4. The van der Waals surface area contributed by atoms with E-state index < -0.39 is 10.8 Å². The summed E-state index contributed by atoms with van der Waals surface area (Å²) in [5, 5.41) is 21.7. The summed E-state index contributed by atoms with van der Waals surface area (Å²) in [7, 11) is 0. The van der Waals surface area contributed by atoms with Crippen LogP contribution in [0.2, 0.25) is 0 Å². The largest absolute Gasteiger partial charge is 0.448 e. The van der Waals surface area contributed by atoms with Crippen molar-refractivity contribution in [3.05, 3.63) is 57.8 Å². The van der Waals surface area contributed by atoms with Crippen LogP contribution in [0.1, 0.15) is 15.9 Å². The molecule has 7 nitrogen and oxygen atoms in total. The SMILES string of the molecule is N#CCc1ccoc1NC(=O)c1ccc([N+](=O)[O-])cc1. The number of amides is 1. The molecule has 0 bridgehead atoms. The van der Waals surface area contributed by atoms with Gasteiger partial charge in [-0.15, -0.1) is 0 Å². The molecule has 20 heavy (non-hydrogen) atoms. The van der Waals surface area contributed by atoms with Crippen LogP contribution < -0.4 is 5.32 Å². The standard InChI is InChI=1S/C13H9N3O4/c14-7-5-10-6-8-20-13(10)15-12(17)9-1-3-11(4-2-9)16(18)19/h1-4,6,8H,5H2,(H,15,17). The van der Waals surface area contributed by atoms with Crippen molar-refractivity contribution in [3.63, 3.8) is 0 Å². The van der Waals surface area contributed by atoms with E-state index in [4.69, 9.17) is 9.68 Å². The van der Waals surface area contributed by atoms with Crippen LogP contribution in [0.15, 0.2) is 41.0 Å². The topological polar surface area (TPSA) is 109 Å². The third-order valence-electron chi connectivity index (χ3n) is 2.58. The molecule has 0 aliphatic rings. The molecule has 1 amide bonds. The Morgan fingerprint density at radius 2 is 2.05 bits per heavy atom. The van der Waals surface area contributed by atoms with Crippen LogP contribution in [0.5, 0.6) is 0 Å². The molecular formula is C13H9N3O4. The number of benzene rings is 1. The number of anilines is 1. The summed E-state index contributed by atoms with van der Waals surface area (Å²) in [6.07, 6.45) is 1.49. The molecule has 2 aromatic rings. The maximum Gasteiger partial charge on any atom is 0.269 e. The number of hydrogen-bond acceptors (Lipinski definition) is 5. The lowest BCUT2D eigenvalue weighted by Gasteiger charge is -2.03. The zero-order valence-corrected chi connectivity index (χ0v) is 10.2. The monoisotopic (exact) mass is 271 g/mol. The van der Waals surface area contributed by atoms with E-state index in [1.165, 1.54) is 30.5 Å². The minimum Gasteiger partial charge on any atom is -0.448 e. The second-order valence-corrected chi connectivity index (χ2v) is 3.87. The third-order valence-corrected chi connectivity index (χ3v) is 2.58. The van der Waals surface area contributed by atoms with Crippen molar-refractivity contribution in [2.45, 2.75) is 6.42 Å². The van der Waals surface area contributed by atoms with E-state index in [2.05, 4.69) is 5.32 Å². The average Bonchev–Trinajstić information content (AvgIpc) is 2.86. The number of non-ortho nitro benzene ring substituents is 1. The first-order chi connectivity index (χ1) is 9.61. The van der Waals surface area contributed by atoms with Crippen molar-refractivity contribution >= 4 is 17.5 Å². The molecule has 0 aliphatic carbocycles. The predicted molar refractivity (Wildman–Crippen MR) is 69.1 cm³/mol. The molecule has 1 heterocycles. The van der Waals surface area contributed by atoms with Crippen molar-refractivity contribution in [2.24, 2.45) is 0 Å². The molecule has 2 rings (SSSR count). The number of nitrogens with one attached hydrogen (secondary N) is 1. The molecule has 0 atom stereocenters. The van der Waals surface area contributed by atoms with Gasteiger partial charge in [-0.2, -0.15) is 5.26 Å². The minimum absolute atomic E-state index is 0.0929. The van der Waals surface area contributed by atoms with Crippen LogP contribution in [0.3, 0.4) is 0 Å². The quantitative estimate of drug-likeness (QED) is 0.678. The maximum absolute atomic E-state index is 11.9. The van der Waals surface area contributed by atoms with Gasteiger partial charge in [-0.1, -0.05) is 0 Å². The number of hydrogen-bond donors (Lipinski definition) is 1. The van der Waals surface area contributed by atoms with Crippen LogP contribution in [-0.2, 0) is 6.42 Å². The summed E-state index contributed by atoms with van der Waals surface area (Å²) in [4.78, 5) is 21.9. The van der Waals surface area contributed by atoms with E-state index >= 15 is 0 Å². The van der Waals surface area contributed by atoms with E-state index in [0.29, 0.717) is 5.56 Å².